The molecule has 30 heavy (non-hydrogen) atoms. The highest BCUT2D eigenvalue weighted by atomic mass is 16.5. The molecule has 0 amide bonds. The van der Waals surface area contributed by atoms with Crippen molar-refractivity contribution in [1.82, 2.24) is 9.88 Å². The van der Waals surface area contributed by atoms with Crippen LogP contribution in [0.25, 0.3) is 0 Å². The van der Waals surface area contributed by atoms with Crippen molar-refractivity contribution < 1.29 is 39.5 Å². The van der Waals surface area contributed by atoms with Crippen LogP contribution < -0.4 is 21.1 Å². The lowest BCUT2D eigenvalue weighted by molar-refractivity contribution is -0.339. The fourth-order valence-corrected chi connectivity index (χ4v) is 2.75. The van der Waals surface area contributed by atoms with Crippen molar-refractivity contribution in [2.45, 2.75) is 50.9 Å². The monoisotopic (exact) mass is 424 g/mol. The summed E-state index contributed by atoms with van der Waals surface area (Å²) in [7, 11) is 0. The molecule has 2 rings (SSSR count). The summed E-state index contributed by atoms with van der Waals surface area (Å²) in [6.45, 7) is 9.37. The van der Waals surface area contributed by atoms with Gasteiger partial charge in [-0.2, -0.15) is 0 Å². The summed E-state index contributed by atoms with van der Waals surface area (Å²) in [5.41, 5.74) is 3.90. The standard InChI is InChI=1S/C13H21N3O.C6H8O7/c1-13(2,3)16-6-7-17-11(9-16)10-4-5-12(14)15-8-10;7-3(8)1-6(13,5(11)12)2-4(9)10/h4-5,8,11H,6-7,9H2,1-3H3,(H2,14,15);13H,1-2H2,(H,7,8)(H,9,10)(H,11,12)/p-3. The first-order valence-electron chi connectivity index (χ1n) is 9.16. The second kappa shape index (κ2) is 10.3. The summed E-state index contributed by atoms with van der Waals surface area (Å²) in [6.07, 6.45) is -0.797. The van der Waals surface area contributed by atoms with Crippen molar-refractivity contribution in [3.63, 3.8) is 0 Å². The topological polar surface area (TPSA) is 192 Å². The largest absolute Gasteiger partial charge is 0.550 e. The molecule has 1 saturated heterocycles. The maximum absolute atomic E-state index is 10.1. The Labute approximate surface area is 174 Å². The molecule has 1 atom stereocenters. The van der Waals surface area contributed by atoms with Gasteiger partial charge in [-0.1, -0.05) is 6.07 Å². The van der Waals surface area contributed by atoms with Gasteiger partial charge in [0.05, 0.1) is 18.7 Å². The Balaban J connectivity index is 0.000000314. The minimum atomic E-state index is -2.97. The molecule has 2 heterocycles. The summed E-state index contributed by atoms with van der Waals surface area (Å²) in [5, 5.41) is 38.9. The Morgan fingerprint density at radius 1 is 1.20 bits per heavy atom. The predicted octanol–water partition coefficient (Wildman–Crippen LogP) is -3.42. The Morgan fingerprint density at radius 2 is 1.77 bits per heavy atom. The summed E-state index contributed by atoms with van der Waals surface area (Å²) >= 11 is 0. The van der Waals surface area contributed by atoms with Crippen molar-refractivity contribution in [3.05, 3.63) is 23.9 Å². The van der Waals surface area contributed by atoms with Crippen LogP contribution in [0.5, 0.6) is 0 Å². The lowest BCUT2D eigenvalue weighted by atomic mass is 9.96. The van der Waals surface area contributed by atoms with Gasteiger partial charge in [-0.25, -0.2) is 4.98 Å². The lowest BCUT2D eigenvalue weighted by Crippen LogP contribution is -2.54. The van der Waals surface area contributed by atoms with Crippen LogP contribution >= 0.6 is 0 Å². The van der Waals surface area contributed by atoms with Crippen LogP contribution in [-0.2, 0) is 19.1 Å². The molecular weight excluding hydrogens is 398 g/mol. The molecule has 0 radical (unpaired) electrons. The molecule has 0 aromatic carbocycles. The van der Waals surface area contributed by atoms with Crippen LogP contribution in [-0.4, -0.2) is 63.7 Å². The van der Waals surface area contributed by atoms with Crippen molar-refractivity contribution in [3.8, 4) is 0 Å². The zero-order chi connectivity index (χ0) is 23.1. The summed E-state index contributed by atoms with van der Waals surface area (Å²) in [4.78, 5) is 36.6. The van der Waals surface area contributed by atoms with Gasteiger partial charge in [-0.15, -0.1) is 0 Å². The summed E-state index contributed by atoms with van der Waals surface area (Å²) < 4.78 is 5.81. The number of nitrogen functional groups attached to an aromatic ring is 1. The molecule has 1 aromatic rings. The number of carbonyl (C=O) groups excluding carboxylic acids is 3. The number of nitrogens with two attached hydrogens (primary N) is 1. The van der Waals surface area contributed by atoms with E-state index in [2.05, 4.69) is 30.7 Å². The number of carboxylic acid groups (broad SMARTS) is 3. The van der Waals surface area contributed by atoms with Crippen LogP contribution in [0.2, 0.25) is 0 Å². The number of nitrogens with zero attached hydrogens (tertiary/aromatic N) is 2. The van der Waals surface area contributed by atoms with Crippen molar-refractivity contribution in [2.75, 3.05) is 25.4 Å². The zero-order valence-electron chi connectivity index (χ0n) is 17.1. The number of pyridine rings is 1. The Kier molecular flexibility index (Phi) is 8.70. The molecule has 0 spiro atoms. The molecule has 0 saturated carbocycles. The number of hydrogen-bond acceptors (Lipinski definition) is 11. The van der Waals surface area contributed by atoms with Gasteiger partial charge in [0.1, 0.15) is 11.4 Å². The first-order valence-corrected chi connectivity index (χ1v) is 9.16. The van der Waals surface area contributed by atoms with E-state index in [0.29, 0.717) is 5.82 Å². The van der Waals surface area contributed by atoms with E-state index in [4.69, 9.17) is 15.6 Å². The highest BCUT2D eigenvalue weighted by Crippen LogP contribution is 2.26. The van der Waals surface area contributed by atoms with E-state index in [1.54, 1.807) is 0 Å². The molecule has 168 valence electrons. The van der Waals surface area contributed by atoms with Gasteiger partial charge in [0.25, 0.3) is 0 Å². The number of aliphatic hydroxyl groups is 1. The normalized spacial score (nSPS) is 17.5. The molecule has 0 aliphatic carbocycles. The smallest absolute Gasteiger partial charge is 0.123 e. The number of morpholine rings is 1. The molecule has 1 fully saturated rings. The van der Waals surface area contributed by atoms with E-state index in [-0.39, 0.29) is 11.6 Å². The number of carboxylic acids is 3. The fraction of sp³-hybridized carbons (Fsp3) is 0.579. The first-order chi connectivity index (χ1) is 13.7. The average molecular weight is 424 g/mol. The van der Waals surface area contributed by atoms with E-state index in [0.717, 1.165) is 25.3 Å². The molecule has 11 heteroatoms. The fourth-order valence-electron chi connectivity index (χ4n) is 2.75. The summed E-state index contributed by atoms with van der Waals surface area (Å²) in [6, 6.07) is 3.83. The van der Waals surface area contributed by atoms with Gasteiger partial charge in [0, 0.05) is 55.2 Å². The number of carbonyl (C=O) groups is 3. The van der Waals surface area contributed by atoms with E-state index >= 15 is 0 Å². The van der Waals surface area contributed by atoms with Gasteiger partial charge in [0.15, 0.2) is 0 Å². The van der Waals surface area contributed by atoms with Gasteiger partial charge in [-0.3, -0.25) is 4.90 Å². The van der Waals surface area contributed by atoms with Gasteiger partial charge in [-0.05, 0) is 26.8 Å². The number of rotatable bonds is 6. The van der Waals surface area contributed by atoms with Gasteiger partial charge in [0.2, 0.25) is 0 Å². The molecule has 1 aromatic heterocycles. The zero-order valence-corrected chi connectivity index (χ0v) is 17.1. The van der Waals surface area contributed by atoms with Crippen LogP contribution in [0, 0.1) is 0 Å². The molecule has 1 unspecified atom stereocenters. The number of aliphatic carboxylic acids is 3. The quantitative estimate of drug-likeness (QED) is 0.462. The third-order valence-electron chi connectivity index (χ3n) is 4.45. The highest BCUT2D eigenvalue weighted by Gasteiger charge is 2.30. The SMILES string of the molecule is CC(C)(C)N1CCOC(c2ccc(N)nc2)C1.O=C([O-])CC(O)(CC(=O)[O-])C(=O)[O-]. The summed E-state index contributed by atoms with van der Waals surface area (Å²) in [5.74, 6) is -5.43. The van der Waals surface area contributed by atoms with Crippen molar-refractivity contribution >= 4 is 23.7 Å². The predicted molar refractivity (Wildman–Crippen MR) is 97.9 cm³/mol. The Hall–Kier alpha value is -2.76. The first kappa shape index (κ1) is 25.3. The molecule has 1 aliphatic heterocycles. The molecule has 1 aliphatic rings. The van der Waals surface area contributed by atoms with Gasteiger partial charge < -0.3 is 45.3 Å². The van der Waals surface area contributed by atoms with Crippen LogP contribution in [0.1, 0.15) is 45.3 Å². The van der Waals surface area contributed by atoms with Crippen LogP contribution in [0.15, 0.2) is 18.3 Å². The number of anilines is 1. The van der Waals surface area contributed by atoms with E-state index < -0.39 is 36.4 Å². The third-order valence-corrected chi connectivity index (χ3v) is 4.45. The second-order valence-electron chi connectivity index (χ2n) is 7.91. The average Bonchev–Trinajstić information content (AvgIpc) is 2.61. The maximum atomic E-state index is 10.1. The molecule has 3 N–H and O–H groups in total. The van der Waals surface area contributed by atoms with E-state index in [1.165, 1.54) is 0 Å². The van der Waals surface area contributed by atoms with Crippen molar-refractivity contribution in [1.29, 1.82) is 0 Å². The lowest BCUT2D eigenvalue weighted by Gasteiger charge is -2.41. The molecular formula is C19H26N3O8-3. The minimum Gasteiger partial charge on any atom is -0.550 e. The Morgan fingerprint density at radius 3 is 2.17 bits per heavy atom. The molecule has 11 nitrogen and oxygen atoms in total. The minimum absolute atomic E-state index is 0.107. The number of ether oxygens (including phenoxy) is 1. The van der Waals surface area contributed by atoms with Gasteiger partial charge >= 0.3 is 0 Å². The van der Waals surface area contributed by atoms with Crippen molar-refractivity contribution in [2.24, 2.45) is 0 Å². The third kappa shape index (κ3) is 7.93. The number of hydrogen-bond donors (Lipinski definition) is 2. The van der Waals surface area contributed by atoms with Crippen LogP contribution in [0.4, 0.5) is 5.82 Å². The van der Waals surface area contributed by atoms with E-state index in [9.17, 15) is 29.7 Å². The second-order valence-corrected chi connectivity index (χ2v) is 7.91. The maximum Gasteiger partial charge on any atom is 0.123 e. The highest BCUT2D eigenvalue weighted by molar-refractivity contribution is 5.86. The van der Waals surface area contributed by atoms with E-state index in [1.807, 2.05) is 18.3 Å². The molecule has 0 bridgehead atoms. The number of aromatic nitrogens is 1. The van der Waals surface area contributed by atoms with Crippen LogP contribution in [0.3, 0.4) is 0 Å². The Bertz CT molecular complexity index is 729.